The summed E-state index contributed by atoms with van der Waals surface area (Å²) in [5.41, 5.74) is 3.98. The number of hydrogen-bond acceptors (Lipinski definition) is 1. The zero-order valence-electron chi connectivity index (χ0n) is 14.9. The van der Waals surface area contributed by atoms with E-state index in [1.807, 2.05) is 12.1 Å². The van der Waals surface area contributed by atoms with Gasteiger partial charge in [0.1, 0.15) is 0 Å². The molecule has 0 bridgehead atoms. The standard InChI is InChI=1S/C23H28ClN/c24-21-12-10-19(11-13-21)18-6-8-20(9-7-18)22-16-23(22)25-15-14-17-4-2-1-3-5-17/h6-13,17,22-23,25H,1-5,14-16H2/t22-,23+/m1/s1. The van der Waals surface area contributed by atoms with E-state index in [0.717, 1.165) is 10.9 Å². The number of rotatable bonds is 6. The summed E-state index contributed by atoms with van der Waals surface area (Å²) in [7, 11) is 0. The monoisotopic (exact) mass is 353 g/mol. The highest BCUT2D eigenvalue weighted by atomic mass is 35.5. The molecule has 2 heteroatoms. The Labute approximate surface area is 156 Å². The molecule has 2 aromatic carbocycles. The third-order valence-corrected chi connectivity index (χ3v) is 6.24. The fourth-order valence-electron chi connectivity index (χ4n) is 4.30. The van der Waals surface area contributed by atoms with Crippen molar-refractivity contribution in [2.45, 2.75) is 56.9 Å². The first-order valence-corrected chi connectivity index (χ1v) is 10.3. The highest BCUT2D eigenvalue weighted by Gasteiger charge is 2.37. The first-order chi connectivity index (χ1) is 12.3. The third kappa shape index (κ3) is 4.46. The van der Waals surface area contributed by atoms with E-state index in [1.54, 1.807) is 0 Å². The van der Waals surface area contributed by atoms with Gasteiger partial charge in [0.05, 0.1) is 0 Å². The molecule has 2 aliphatic carbocycles. The van der Waals surface area contributed by atoms with E-state index in [9.17, 15) is 0 Å². The van der Waals surface area contributed by atoms with E-state index >= 15 is 0 Å². The quantitative estimate of drug-likeness (QED) is 0.631. The minimum absolute atomic E-state index is 0.699. The predicted octanol–water partition coefficient (Wildman–Crippen LogP) is 6.42. The second kappa shape index (κ2) is 7.93. The van der Waals surface area contributed by atoms with E-state index in [0.29, 0.717) is 12.0 Å². The summed E-state index contributed by atoms with van der Waals surface area (Å²) in [4.78, 5) is 0. The SMILES string of the molecule is Clc1ccc(-c2ccc([C@H]3C[C@@H]3NCCC3CCCCC3)cc2)cc1. The van der Waals surface area contributed by atoms with Crippen LogP contribution in [0.5, 0.6) is 0 Å². The summed E-state index contributed by atoms with van der Waals surface area (Å²) in [5.74, 6) is 1.70. The summed E-state index contributed by atoms with van der Waals surface area (Å²) >= 11 is 5.97. The summed E-state index contributed by atoms with van der Waals surface area (Å²) in [6, 6.07) is 17.9. The zero-order chi connectivity index (χ0) is 17.1. The molecule has 0 amide bonds. The van der Waals surface area contributed by atoms with E-state index in [-0.39, 0.29) is 0 Å². The molecule has 0 heterocycles. The van der Waals surface area contributed by atoms with Gasteiger partial charge in [0.15, 0.2) is 0 Å². The van der Waals surface area contributed by atoms with Gasteiger partial charge in [-0.05, 0) is 54.1 Å². The first-order valence-electron chi connectivity index (χ1n) is 9.89. The average Bonchev–Trinajstić information content (AvgIpc) is 3.43. The van der Waals surface area contributed by atoms with Crippen molar-refractivity contribution < 1.29 is 0 Å². The molecule has 4 rings (SSSR count). The summed E-state index contributed by atoms with van der Waals surface area (Å²) in [6.45, 7) is 1.20. The van der Waals surface area contributed by atoms with Crippen molar-refractivity contribution in [3.63, 3.8) is 0 Å². The lowest BCUT2D eigenvalue weighted by Gasteiger charge is -2.21. The fraction of sp³-hybridized carbons (Fsp3) is 0.478. The predicted molar refractivity (Wildman–Crippen MR) is 107 cm³/mol. The van der Waals surface area contributed by atoms with Crippen molar-refractivity contribution in [2.24, 2.45) is 5.92 Å². The van der Waals surface area contributed by atoms with Crippen LogP contribution in [0.2, 0.25) is 5.02 Å². The summed E-state index contributed by atoms with van der Waals surface area (Å²) in [6.07, 6.45) is 9.96. The van der Waals surface area contributed by atoms with Crippen LogP contribution in [0.3, 0.4) is 0 Å². The van der Waals surface area contributed by atoms with Crippen LogP contribution in [0.4, 0.5) is 0 Å². The number of hydrogen-bond donors (Lipinski definition) is 1. The van der Waals surface area contributed by atoms with Gasteiger partial charge in [0.25, 0.3) is 0 Å². The molecule has 0 aromatic heterocycles. The van der Waals surface area contributed by atoms with Crippen molar-refractivity contribution in [1.29, 1.82) is 0 Å². The van der Waals surface area contributed by atoms with Gasteiger partial charge in [-0.15, -0.1) is 0 Å². The van der Waals surface area contributed by atoms with Gasteiger partial charge in [0, 0.05) is 17.0 Å². The van der Waals surface area contributed by atoms with Crippen LogP contribution in [0.1, 0.15) is 56.4 Å². The molecule has 2 atom stereocenters. The Kier molecular flexibility index (Phi) is 5.43. The maximum Gasteiger partial charge on any atom is 0.0406 e. The molecule has 1 N–H and O–H groups in total. The van der Waals surface area contributed by atoms with Crippen LogP contribution in [-0.4, -0.2) is 12.6 Å². The normalized spacial score (nSPS) is 23.6. The van der Waals surface area contributed by atoms with Crippen LogP contribution < -0.4 is 5.32 Å². The molecular formula is C23H28ClN. The molecule has 0 unspecified atom stereocenters. The van der Waals surface area contributed by atoms with Crippen molar-refractivity contribution in [3.8, 4) is 11.1 Å². The topological polar surface area (TPSA) is 12.0 Å². The van der Waals surface area contributed by atoms with Crippen molar-refractivity contribution in [1.82, 2.24) is 5.32 Å². The lowest BCUT2D eigenvalue weighted by molar-refractivity contribution is 0.333. The van der Waals surface area contributed by atoms with E-state index in [2.05, 4.69) is 41.7 Å². The Morgan fingerprint density at radius 3 is 2.16 bits per heavy atom. The van der Waals surface area contributed by atoms with Gasteiger partial charge >= 0.3 is 0 Å². The zero-order valence-corrected chi connectivity index (χ0v) is 15.6. The molecule has 2 fully saturated rings. The van der Waals surface area contributed by atoms with Crippen molar-refractivity contribution in [2.75, 3.05) is 6.54 Å². The third-order valence-electron chi connectivity index (χ3n) is 5.99. The van der Waals surface area contributed by atoms with Crippen LogP contribution in [0.25, 0.3) is 11.1 Å². The molecule has 0 radical (unpaired) electrons. The van der Waals surface area contributed by atoms with Crippen LogP contribution in [-0.2, 0) is 0 Å². The Morgan fingerprint density at radius 2 is 1.48 bits per heavy atom. The molecular weight excluding hydrogens is 326 g/mol. The molecule has 1 nitrogen and oxygen atoms in total. The van der Waals surface area contributed by atoms with E-state index < -0.39 is 0 Å². The fourth-order valence-corrected chi connectivity index (χ4v) is 4.43. The molecule has 2 saturated carbocycles. The van der Waals surface area contributed by atoms with Crippen LogP contribution in [0.15, 0.2) is 48.5 Å². The maximum absolute atomic E-state index is 5.97. The number of benzene rings is 2. The minimum atomic E-state index is 0.699. The molecule has 132 valence electrons. The number of halogens is 1. The highest BCUT2D eigenvalue weighted by molar-refractivity contribution is 6.30. The van der Waals surface area contributed by atoms with E-state index in [4.69, 9.17) is 11.6 Å². The molecule has 0 spiro atoms. The van der Waals surface area contributed by atoms with Crippen LogP contribution in [0, 0.1) is 5.92 Å². The summed E-state index contributed by atoms with van der Waals surface area (Å²) in [5, 5.41) is 4.58. The average molecular weight is 354 g/mol. The second-order valence-electron chi connectivity index (χ2n) is 7.82. The minimum Gasteiger partial charge on any atom is -0.313 e. The largest absolute Gasteiger partial charge is 0.313 e. The van der Waals surface area contributed by atoms with Gasteiger partial charge in [-0.1, -0.05) is 80.1 Å². The van der Waals surface area contributed by atoms with Crippen LogP contribution >= 0.6 is 11.6 Å². The van der Waals surface area contributed by atoms with Gasteiger partial charge < -0.3 is 5.32 Å². The van der Waals surface area contributed by atoms with E-state index in [1.165, 1.54) is 68.2 Å². The first kappa shape index (κ1) is 17.1. The number of nitrogens with one attached hydrogen (secondary N) is 1. The maximum atomic E-state index is 5.97. The lowest BCUT2D eigenvalue weighted by atomic mass is 9.87. The van der Waals surface area contributed by atoms with Crippen molar-refractivity contribution in [3.05, 3.63) is 59.1 Å². The highest BCUT2D eigenvalue weighted by Crippen LogP contribution is 2.41. The summed E-state index contributed by atoms with van der Waals surface area (Å²) < 4.78 is 0. The smallest absolute Gasteiger partial charge is 0.0406 e. The Balaban J connectivity index is 1.26. The molecule has 2 aromatic rings. The van der Waals surface area contributed by atoms with Gasteiger partial charge in [-0.25, -0.2) is 0 Å². The van der Waals surface area contributed by atoms with Crippen molar-refractivity contribution >= 4 is 11.6 Å². The van der Waals surface area contributed by atoms with Gasteiger partial charge in [-0.2, -0.15) is 0 Å². The van der Waals surface area contributed by atoms with Gasteiger partial charge in [0.2, 0.25) is 0 Å². The lowest BCUT2D eigenvalue weighted by Crippen LogP contribution is -2.22. The van der Waals surface area contributed by atoms with Gasteiger partial charge in [-0.3, -0.25) is 0 Å². The molecule has 2 aliphatic rings. The Hall–Kier alpha value is -1.31. The second-order valence-corrected chi connectivity index (χ2v) is 8.26. The molecule has 0 saturated heterocycles. The molecule has 25 heavy (non-hydrogen) atoms. The molecule has 0 aliphatic heterocycles. The Bertz CT molecular complexity index is 670. The Morgan fingerprint density at radius 1 is 0.840 bits per heavy atom.